The molecule has 2 aromatic carbocycles. The van der Waals surface area contributed by atoms with Crippen LogP contribution in [0.15, 0.2) is 35.2 Å². The fraction of sp³-hybridized carbons (Fsp3) is 0. The van der Waals surface area contributed by atoms with E-state index in [0.717, 1.165) is 12.1 Å². The molecule has 0 aliphatic carbocycles. The van der Waals surface area contributed by atoms with Crippen LogP contribution in [0, 0.1) is 0 Å². The summed E-state index contributed by atoms with van der Waals surface area (Å²) in [6.07, 6.45) is 0. The number of aromatic hydroxyl groups is 2. The molecule has 0 aromatic heterocycles. The first-order valence-electron chi connectivity index (χ1n) is 4.31. The van der Waals surface area contributed by atoms with Gasteiger partial charge in [-0.15, -0.1) is 0 Å². The summed E-state index contributed by atoms with van der Waals surface area (Å²) in [6, 6.07) is 6.11. The summed E-state index contributed by atoms with van der Waals surface area (Å²) < 4.78 is 32.9. The van der Waals surface area contributed by atoms with Crippen LogP contribution in [0.25, 0.3) is 10.8 Å². The quantitative estimate of drug-likeness (QED) is 0.472. The number of rotatable bonds is 1. The maximum absolute atomic E-state index is 11.0. The minimum absolute atomic E-state index is 0. The Kier molecular flexibility index (Phi) is 4.58. The zero-order chi connectivity index (χ0) is 11.9. The largest absolute Gasteiger partial charge is 1.00 e. The van der Waals surface area contributed by atoms with E-state index in [1.807, 2.05) is 0 Å². The summed E-state index contributed by atoms with van der Waals surface area (Å²) in [5.41, 5.74) is 0. The fourth-order valence-electron chi connectivity index (χ4n) is 1.56. The van der Waals surface area contributed by atoms with Crippen molar-refractivity contribution < 1.29 is 74.6 Å². The summed E-state index contributed by atoms with van der Waals surface area (Å²) in [4.78, 5) is -0.462. The Labute approximate surface area is 140 Å². The predicted octanol–water partition coefficient (Wildman–Crippen LogP) is -1.84. The van der Waals surface area contributed by atoms with Gasteiger partial charge in [0.1, 0.15) is 21.6 Å². The molecule has 5 nitrogen and oxygen atoms in total. The van der Waals surface area contributed by atoms with Crippen LogP contribution in [-0.4, -0.2) is 23.2 Å². The minimum Gasteiger partial charge on any atom is -0.744 e. The van der Waals surface area contributed by atoms with Gasteiger partial charge in [-0.2, -0.15) is 0 Å². The number of hydrogen-bond donors (Lipinski definition) is 2. The van der Waals surface area contributed by atoms with E-state index in [9.17, 15) is 23.2 Å². The average molecular weight is 278 g/mol. The van der Waals surface area contributed by atoms with Crippen molar-refractivity contribution >= 4 is 20.9 Å². The standard InChI is InChI=1S/C10H8O5S.K/c11-7-3-1-2-6-9(16(13,14)15)5-4-8(12)10(6)7;/h1-5,11-12H,(H,13,14,15);/q;+1/p-1. The van der Waals surface area contributed by atoms with Crippen molar-refractivity contribution in [3.05, 3.63) is 30.3 Å². The van der Waals surface area contributed by atoms with E-state index >= 15 is 0 Å². The van der Waals surface area contributed by atoms with E-state index in [4.69, 9.17) is 0 Å². The van der Waals surface area contributed by atoms with Gasteiger partial charge >= 0.3 is 51.4 Å². The van der Waals surface area contributed by atoms with Crippen molar-refractivity contribution in [2.45, 2.75) is 4.90 Å². The molecule has 0 heterocycles. The molecule has 2 N–H and O–H groups in total. The van der Waals surface area contributed by atoms with Gasteiger partial charge in [-0.1, -0.05) is 12.1 Å². The number of hydrogen-bond acceptors (Lipinski definition) is 5. The van der Waals surface area contributed by atoms with Crippen LogP contribution in [0.3, 0.4) is 0 Å². The zero-order valence-corrected chi connectivity index (χ0v) is 12.9. The molecular weight excluding hydrogens is 271 g/mol. The number of phenolic OH excluding ortho intramolecular Hbond substituents is 2. The first-order valence-corrected chi connectivity index (χ1v) is 5.71. The topological polar surface area (TPSA) is 97.7 Å². The smallest absolute Gasteiger partial charge is 0.744 e. The monoisotopic (exact) mass is 278 g/mol. The van der Waals surface area contributed by atoms with Crippen LogP contribution >= 0.6 is 0 Å². The molecule has 0 atom stereocenters. The minimum atomic E-state index is -4.64. The summed E-state index contributed by atoms with van der Waals surface area (Å²) in [7, 11) is -4.64. The third-order valence-corrected chi connectivity index (χ3v) is 3.12. The van der Waals surface area contributed by atoms with E-state index in [1.165, 1.54) is 18.2 Å². The maximum atomic E-state index is 11.0. The van der Waals surface area contributed by atoms with E-state index in [0.29, 0.717) is 0 Å². The van der Waals surface area contributed by atoms with E-state index < -0.39 is 15.0 Å². The molecule has 17 heavy (non-hydrogen) atoms. The van der Waals surface area contributed by atoms with Crippen LogP contribution < -0.4 is 51.4 Å². The van der Waals surface area contributed by atoms with Gasteiger partial charge in [0, 0.05) is 5.39 Å². The van der Waals surface area contributed by atoms with Crippen LogP contribution in [0.2, 0.25) is 0 Å². The summed E-state index contributed by atoms with van der Waals surface area (Å²) in [6.45, 7) is 0. The molecule has 0 bridgehead atoms. The SMILES string of the molecule is O=S(=O)([O-])c1ccc(O)c2c(O)cccc12.[K+]. The van der Waals surface area contributed by atoms with Crippen molar-refractivity contribution in [3.8, 4) is 11.5 Å². The molecule has 0 aliphatic heterocycles. The normalized spacial score (nSPS) is 11.1. The number of fused-ring (bicyclic) bond motifs is 1. The van der Waals surface area contributed by atoms with Gasteiger partial charge in [0.15, 0.2) is 0 Å². The van der Waals surface area contributed by atoms with Crippen molar-refractivity contribution in [1.29, 1.82) is 0 Å². The first kappa shape index (κ1) is 14.9. The predicted molar refractivity (Wildman–Crippen MR) is 55.2 cm³/mol. The molecule has 0 saturated carbocycles. The van der Waals surface area contributed by atoms with E-state index in [1.54, 1.807) is 0 Å². The van der Waals surface area contributed by atoms with E-state index in [-0.39, 0.29) is 73.7 Å². The molecule has 0 spiro atoms. The van der Waals surface area contributed by atoms with Crippen LogP contribution in [0.5, 0.6) is 11.5 Å². The summed E-state index contributed by atoms with van der Waals surface area (Å²) >= 11 is 0. The zero-order valence-electron chi connectivity index (χ0n) is 8.91. The second kappa shape index (κ2) is 5.23. The second-order valence-electron chi connectivity index (χ2n) is 3.24. The Morgan fingerprint density at radius 2 is 1.59 bits per heavy atom. The Morgan fingerprint density at radius 1 is 1.00 bits per heavy atom. The molecular formula is C10H7KO5S. The molecule has 0 fully saturated rings. The second-order valence-corrected chi connectivity index (χ2v) is 4.58. The Hall–Kier alpha value is -0.154. The number of benzene rings is 2. The van der Waals surface area contributed by atoms with Gasteiger partial charge in [-0.25, -0.2) is 8.42 Å². The molecule has 0 radical (unpaired) electrons. The molecule has 7 heteroatoms. The molecule has 0 unspecified atom stereocenters. The van der Waals surface area contributed by atoms with Crippen LogP contribution in [0.4, 0.5) is 0 Å². The molecule has 0 amide bonds. The Balaban J connectivity index is 0.00000144. The first-order chi connectivity index (χ1) is 7.41. The summed E-state index contributed by atoms with van der Waals surface area (Å²) in [5.74, 6) is -0.555. The number of phenols is 2. The Morgan fingerprint density at radius 3 is 2.18 bits per heavy atom. The molecule has 2 rings (SSSR count). The molecule has 84 valence electrons. The van der Waals surface area contributed by atoms with Crippen LogP contribution in [0.1, 0.15) is 0 Å². The van der Waals surface area contributed by atoms with Gasteiger partial charge in [-0.05, 0) is 18.2 Å². The maximum Gasteiger partial charge on any atom is 1.00 e. The average Bonchev–Trinajstić information content (AvgIpc) is 2.16. The van der Waals surface area contributed by atoms with Crippen molar-refractivity contribution in [1.82, 2.24) is 0 Å². The van der Waals surface area contributed by atoms with Gasteiger partial charge < -0.3 is 14.8 Å². The van der Waals surface area contributed by atoms with Crippen molar-refractivity contribution in [3.63, 3.8) is 0 Å². The van der Waals surface area contributed by atoms with Crippen molar-refractivity contribution in [2.75, 3.05) is 0 Å². The fourth-order valence-corrected chi connectivity index (χ4v) is 2.23. The third-order valence-electron chi connectivity index (χ3n) is 2.23. The Bertz CT molecular complexity index is 657. The van der Waals surface area contributed by atoms with Crippen molar-refractivity contribution in [2.24, 2.45) is 0 Å². The molecule has 0 saturated heterocycles. The summed E-state index contributed by atoms with van der Waals surface area (Å²) in [5, 5.41) is 18.9. The van der Waals surface area contributed by atoms with Crippen LogP contribution in [-0.2, 0) is 10.1 Å². The van der Waals surface area contributed by atoms with Gasteiger partial charge in [0.25, 0.3) is 0 Å². The molecule has 0 aliphatic rings. The van der Waals surface area contributed by atoms with Gasteiger partial charge in [0.05, 0.1) is 10.3 Å². The van der Waals surface area contributed by atoms with Gasteiger partial charge in [0.2, 0.25) is 0 Å². The third kappa shape index (κ3) is 2.82. The van der Waals surface area contributed by atoms with E-state index in [2.05, 4.69) is 0 Å². The molecule has 2 aromatic rings. The van der Waals surface area contributed by atoms with Gasteiger partial charge in [-0.3, -0.25) is 0 Å².